The van der Waals surface area contributed by atoms with Crippen molar-refractivity contribution in [3.8, 4) is 0 Å². The molecule has 4 nitrogen and oxygen atoms in total. The fraction of sp³-hybridized carbons (Fsp3) is 0.938. The SMILES string of the molecule is CC1NC(C2CCCC2)N(C2CN3CCC2CC3)C1=O. The second kappa shape index (κ2) is 4.99. The molecule has 3 unspecified atom stereocenters. The van der Waals surface area contributed by atoms with Crippen molar-refractivity contribution in [3.63, 3.8) is 0 Å². The van der Waals surface area contributed by atoms with Gasteiger partial charge in [-0.25, -0.2) is 0 Å². The molecule has 0 aromatic carbocycles. The Morgan fingerprint density at radius 2 is 1.75 bits per heavy atom. The normalized spacial score (nSPS) is 45.5. The van der Waals surface area contributed by atoms with E-state index in [0.29, 0.717) is 24.0 Å². The Labute approximate surface area is 121 Å². The van der Waals surface area contributed by atoms with Crippen LogP contribution in [-0.4, -0.2) is 53.6 Å². The lowest BCUT2D eigenvalue weighted by Gasteiger charge is -2.50. The van der Waals surface area contributed by atoms with Gasteiger partial charge < -0.3 is 9.80 Å². The van der Waals surface area contributed by atoms with Crippen LogP contribution in [0.2, 0.25) is 0 Å². The third-order valence-corrected chi connectivity index (χ3v) is 6.17. The van der Waals surface area contributed by atoms with Gasteiger partial charge in [0.1, 0.15) is 0 Å². The number of nitrogens with one attached hydrogen (secondary N) is 1. The van der Waals surface area contributed by atoms with Gasteiger partial charge in [0, 0.05) is 12.6 Å². The number of carbonyl (C=O) groups is 1. The molecule has 1 N–H and O–H groups in total. The molecule has 4 saturated heterocycles. The highest BCUT2D eigenvalue weighted by atomic mass is 16.2. The number of amides is 1. The molecule has 3 atom stereocenters. The zero-order chi connectivity index (χ0) is 13.7. The van der Waals surface area contributed by atoms with E-state index in [9.17, 15) is 4.79 Å². The highest BCUT2D eigenvalue weighted by molar-refractivity contribution is 5.84. The van der Waals surface area contributed by atoms with Gasteiger partial charge in [0.05, 0.1) is 12.2 Å². The first kappa shape index (κ1) is 13.1. The minimum absolute atomic E-state index is 0.0241. The third-order valence-electron chi connectivity index (χ3n) is 6.17. The van der Waals surface area contributed by atoms with E-state index in [1.807, 2.05) is 6.92 Å². The fourth-order valence-corrected chi connectivity index (χ4v) is 5.02. The van der Waals surface area contributed by atoms with Crippen molar-refractivity contribution >= 4 is 5.91 Å². The maximum atomic E-state index is 12.7. The molecule has 5 aliphatic rings. The summed E-state index contributed by atoms with van der Waals surface area (Å²) in [5.41, 5.74) is 0. The number of hydrogen-bond acceptors (Lipinski definition) is 3. The predicted molar refractivity (Wildman–Crippen MR) is 78.1 cm³/mol. The summed E-state index contributed by atoms with van der Waals surface area (Å²) in [7, 11) is 0. The lowest BCUT2D eigenvalue weighted by atomic mass is 9.82. The molecule has 20 heavy (non-hydrogen) atoms. The van der Waals surface area contributed by atoms with Gasteiger partial charge in [-0.1, -0.05) is 12.8 Å². The van der Waals surface area contributed by atoms with Gasteiger partial charge in [-0.2, -0.15) is 0 Å². The summed E-state index contributed by atoms with van der Waals surface area (Å²) in [6.07, 6.45) is 8.20. The van der Waals surface area contributed by atoms with Crippen LogP contribution in [0.15, 0.2) is 0 Å². The van der Waals surface area contributed by atoms with Crippen molar-refractivity contribution in [2.75, 3.05) is 19.6 Å². The summed E-state index contributed by atoms with van der Waals surface area (Å²) in [4.78, 5) is 17.5. The fourth-order valence-electron chi connectivity index (χ4n) is 5.02. The molecule has 1 aliphatic carbocycles. The number of fused-ring (bicyclic) bond motifs is 3. The van der Waals surface area contributed by atoms with Crippen molar-refractivity contribution in [1.82, 2.24) is 15.1 Å². The van der Waals surface area contributed by atoms with Crippen LogP contribution in [0.3, 0.4) is 0 Å². The lowest BCUT2D eigenvalue weighted by Crippen LogP contribution is -2.61. The first-order valence-corrected chi connectivity index (χ1v) is 8.54. The largest absolute Gasteiger partial charge is 0.321 e. The Kier molecular flexibility index (Phi) is 3.26. The number of piperidine rings is 3. The number of carbonyl (C=O) groups excluding carboxylic acids is 1. The smallest absolute Gasteiger partial charge is 0.241 e. The third kappa shape index (κ3) is 2.00. The lowest BCUT2D eigenvalue weighted by molar-refractivity contribution is -0.137. The molecule has 112 valence electrons. The van der Waals surface area contributed by atoms with E-state index in [2.05, 4.69) is 15.1 Å². The van der Waals surface area contributed by atoms with E-state index in [1.54, 1.807) is 0 Å². The maximum absolute atomic E-state index is 12.7. The molecule has 0 radical (unpaired) electrons. The molecule has 2 bridgehead atoms. The van der Waals surface area contributed by atoms with E-state index in [1.165, 1.54) is 51.6 Å². The Morgan fingerprint density at radius 1 is 1.05 bits per heavy atom. The zero-order valence-electron chi connectivity index (χ0n) is 12.6. The van der Waals surface area contributed by atoms with Crippen LogP contribution in [0, 0.1) is 11.8 Å². The molecule has 4 aliphatic heterocycles. The molecule has 1 saturated carbocycles. The summed E-state index contributed by atoms with van der Waals surface area (Å²) >= 11 is 0. The van der Waals surface area contributed by atoms with E-state index in [0.717, 1.165) is 12.5 Å². The Morgan fingerprint density at radius 3 is 2.35 bits per heavy atom. The molecule has 5 rings (SSSR count). The van der Waals surface area contributed by atoms with Crippen LogP contribution >= 0.6 is 0 Å². The second-order valence-electron chi connectivity index (χ2n) is 7.33. The average molecular weight is 277 g/mol. The molecule has 4 heterocycles. The van der Waals surface area contributed by atoms with Crippen molar-refractivity contribution in [2.24, 2.45) is 11.8 Å². The topological polar surface area (TPSA) is 35.6 Å². The van der Waals surface area contributed by atoms with Crippen LogP contribution in [-0.2, 0) is 4.79 Å². The highest BCUT2D eigenvalue weighted by Gasteiger charge is 2.48. The van der Waals surface area contributed by atoms with Crippen molar-refractivity contribution in [1.29, 1.82) is 0 Å². The zero-order valence-corrected chi connectivity index (χ0v) is 12.6. The molecule has 1 amide bonds. The van der Waals surface area contributed by atoms with E-state index in [4.69, 9.17) is 0 Å². The van der Waals surface area contributed by atoms with E-state index >= 15 is 0 Å². The number of rotatable bonds is 2. The summed E-state index contributed by atoms with van der Waals surface area (Å²) < 4.78 is 0. The van der Waals surface area contributed by atoms with Gasteiger partial charge in [0.25, 0.3) is 0 Å². The summed E-state index contributed by atoms with van der Waals surface area (Å²) in [5.74, 6) is 1.81. The summed E-state index contributed by atoms with van der Waals surface area (Å²) in [6, 6.07) is 0.504. The van der Waals surface area contributed by atoms with Crippen LogP contribution in [0.25, 0.3) is 0 Å². The molecular formula is C16H27N3O. The summed E-state index contributed by atoms with van der Waals surface area (Å²) in [6.45, 7) is 5.67. The standard InChI is InChI=1S/C16H27N3O/c1-11-16(20)19(15(17-11)13-4-2-3-5-13)14-10-18-8-6-12(14)7-9-18/h11-15,17H,2-10H2,1H3. The Balaban J connectivity index is 1.58. The van der Waals surface area contributed by atoms with Crippen LogP contribution < -0.4 is 5.32 Å². The first-order chi connectivity index (χ1) is 9.74. The number of hydrogen-bond donors (Lipinski definition) is 1. The first-order valence-electron chi connectivity index (χ1n) is 8.54. The molecule has 5 fully saturated rings. The van der Waals surface area contributed by atoms with Gasteiger partial charge in [-0.15, -0.1) is 0 Å². The molecular weight excluding hydrogens is 250 g/mol. The molecule has 0 aromatic heterocycles. The van der Waals surface area contributed by atoms with Crippen molar-refractivity contribution < 1.29 is 4.79 Å². The van der Waals surface area contributed by atoms with Crippen LogP contribution in [0.1, 0.15) is 45.4 Å². The molecule has 0 spiro atoms. The second-order valence-corrected chi connectivity index (χ2v) is 7.33. The van der Waals surface area contributed by atoms with Gasteiger partial charge in [0.15, 0.2) is 0 Å². The minimum Gasteiger partial charge on any atom is -0.321 e. The predicted octanol–water partition coefficient (Wildman–Crippen LogP) is 1.42. The Bertz CT molecular complexity index is 381. The highest BCUT2D eigenvalue weighted by Crippen LogP contribution is 2.38. The van der Waals surface area contributed by atoms with Gasteiger partial charge in [-0.3, -0.25) is 10.1 Å². The van der Waals surface area contributed by atoms with Crippen LogP contribution in [0.4, 0.5) is 0 Å². The summed E-state index contributed by atoms with van der Waals surface area (Å²) in [5, 5.41) is 3.61. The minimum atomic E-state index is 0.0241. The molecule has 4 heteroatoms. The Hall–Kier alpha value is -0.610. The maximum Gasteiger partial charge on any atom is 0.241 e. The average Bonchev–Trinajstić information content (AvgIpc) is 3.10. The monoisotopic (exact) mass is 277 g/mol. The number of nitrogens with zero attached hydrogens (tertiary/aromatic N) is 2. The molecule has 0 aromatic rings. The van der Waals surface area contributed by atoms with Gasteiger partial charge in [-0.05, 0) is 57.5 Å². The van der Waals surface area contributed by atoms with Crippen molar-refractivity contribution in [2.45, 2.75) is 63.7 Å². The quantitative estimate of drug-likeness (QED) is 0.829. The van der Waals surface area contributed by atoms with E-state index in [-0.39, 0.29) is 6.04 Å². The van der Waals surface area contributed by atoms with Crippen molar-refractivity contribution in [3.05, 3.63) is 0 Å². The van der Waals surface area contributed by atoms with Gasteiger partial charge in [0.2, 0.25) is 5.91 Å². The van der Waals surface area contributed by atoms with E-state index < -0.39 is 0 Å². The van der Waals surface area contributed by atoms with Crippen LogP contribution in [0.5, 0.6) is 0 Å². The van der Waals surface area contributed by atoms with Gasteiger partial charge >= 0.3 is 0 Å².